The molecule has 4 heteroatoms. The highest BCUT2D eigenvalue weighted by Gasteiger charge is 2.13. The molecule has 14 heavy (non-hydrogen) atoms. The molecule has 0 aliphatic rings. The van der Waals surface area contributed by atoms with E-state index in [0.29, 0.717) is 6.54 Å². The second-order valence-corrected chi connectivity index (χ2v) is 3.53. The normalized spacial score (nSPS) is 12.5. The number of nitrogens with one attached hydrogen (secondary N) is 2. The zero-order valence-corrected chi connectivity index (χ0v) is 8.87. The fraction of sp³-hybridized carbons (Fsp3) is 0.500. The van der Waals surface area contributed by atoms with Crippen LogP contribution in [0, 0.1) is 0 Å². The summed E-state index contributed by atoms with van der Waals surface area (Å²) in [6.07, 6.45) is 1.87. The van der Waals surface area contributed by atoms with Gasteiger partial charge in [0.05, 0.1) is 6.04 Å². The summed E-state index contributed by atoms with van der Waals surface area (Å²) in [5.74, 6) is 0.0940. The van der Waals surface area contributed by atoms with Gasteiger partial charge in [0.25, 0.3) is 0 Å². The molecule has 0 fully saturated rings. The maximum atomic E-state index is 11.5. The van der Waals surface area contributed by atoms with Crippen LogP contribution in [0.3, 0.4) is 0 Å². The molecule has 0 saturated heterocycles. The van der Waals surface area contributed by atoms with Crippen molar-refractivity contribution in [1.29, 1.82) is 0 Å². The van der Waals surface area contributed by atoms with E-state index in [1.807, 2.05) is 25.3 Å². The molecule has 1 unspecified atom stereocenters. The Hall–Kier alpha value is -1.29. The smallest absolute Gasteiger partial charge is 0.238 e. The number of H-pyrrole nitrogens is 1. The second kappa shape index (κ2) is 4.81. The summed E-state index contributed by atoms with van der Waals surface area (Å²) in [7, 11) is 3.52. The molecule has 0 aromatic carbocycles. The van der Waals surface area contributed by atoms with E-state index in [0.717, 1.165) is 5.69 Å². The summed E-state index contributed by atoms with van der Waals surface area (Å²) in [6.45, 7) is 2.55. The van der Waals surface area contributed by atoms with Crippen molar-refractivity contribution in [3.05, 3.63) is 24.0 Å². The first-order valence-corrected chi connectivity index (χ1v) is 4.68. The Kier molecular flexibility index (Phi) is 3.71. The first kappa shape index (κ1) is 10.8. The molecular weight excluding hydrogens is 178 g/mol. The van der Waals surface area contributed by atoms with Gasteiger partial charge in [0.15, 0.2) is 0 Å². The van der Waals surface area contributed by atoms with Crippen LogP contribution in [0.15, 0.2) is 18.3 Å². The number of rotatable bonds is 4. The summed E-state index contributed by atoms with van der Waals surface area (Å²) in [5.41, 5.74) is 1.09. The molecule has 4 nitrogen and oxygen atoms in total. The van der Waals surface area contributed by atoms with Crippen molar-refractivity contribution < 1.29 is 4.79 Å². The Morgan fingerprint density at radius 2 is 2.36 bits per heavy atom. The number of nitrogens with zero attached hydrogens (tertiary/aromatic N) is 1. The van der Waals surface area contributed by atoms with Gasteiger partial charge in [-0.1, -0.05) is 0 Å². The van der Waals surface area contributed by atoms with Crippen LogP contribution in [0.5, 0.6) is 0 Å². The lowest BCUT2D eigenvalue weighted by molar-refractivity contribution is -0.130. The van der Waals surface area contributed by atoms with Crippen LogP contribution in [0.2, 0.25) is 0 Å². The standard InChI is InChI=1S/C10H17N3O/c1-8(10(14)13(2)3)12-7-9-5-4-6-11-9/h4-6,8,11-12H,7H2,1-3H3. The Bertz CT molecular complexity index is 280. The van der Waals surface area contributed by atoms with E-state index in [4.69, 9.17) is 0 Å². The first-order valence-electron chi connectivity index (χ1n) is 4.68. The van der Waals surface area contributed by atoms with Gasteiger partial charge in [-0.3, -0.25) is 4.79 Å². The van der Waals surface area contributed by atoms with Crippen molar-refractivity contribution in [3.63, 3.8) is 0 Å². The fourth-order valence-electron chi connectivity index (χ4n) is 1.22. The van der Waals surface area contributed by atoms with Crippen LogP contribution < -0.4 is 5.32 Å². The van der Waals surface area contributed by atoms with Crippen molar-refractivity contribution in [2.75, 3.05) is 14.1 Å². The van der Waals surface area contributed by atoms with E-state index in [2.05, 4.69) is 10.3 Å². The second-order valence-electron chi connectivity index (χ2n) is 3.53. The number of aromatic amines is 1. The number of likely N-dealkylation sites (N-methyl/N-ethyl adjacent to an activating group) is 1. The highest BCUT2D eigenvalue weighted by molar-refractivity contribution is 5.80. The van der Waals surface area contributed by atoms with E-state index in [1.165, 1.54) is 0 Å². The van der Waals surface area contributed by atoms with Crippen molar-refractivity contribution >= 4 is 5.91 Å². The van der Waals surface area contributed by atoms with Gasteiger partial charge in [0.1, 0.15) is 0 Å². The molecule has 2 N–H and O–H groups in total. The molecule has 0 saturated carbocycles. The number of hydrogen-bond donors (Lipinski definition) is 2. The van der Waals surface area contributed by atoms with Gasteiger partial charge in [-0.05, 0) is 19.1 Å². The largest absolute Gasteiger partial charge is 0.364 e. The van der Waals surface area contributed by atoms with Gasteiger partial charge in [-0.15, -0.1) is 0 Å². The lowest BCUT2D eigenvalue weighted by atomic mass is 10.3. The average Bonchev–Trinajstić information content (AvgIpc) is 2.65. The summed E-state index contributed by atoms with van der Waals surface area (Å²) in [6, 6.07) is 3.78. The van der Waals surface area contributed by atoms with E-state index in [1.54, 1.807) is 19.0 Å². The van der Waals surface area contributed by atoms with E-state index in [9.17, 15) is 4.79 Å². The average molecular weight is 195 g/mol. The minimum absolute atomic E-state index is 0.0940. The van der Waals surface area contributed by atoms with Crippen LogP contribution in [0.4, 0.5) is 0 Å². The van der Waals surface area contributed by atoms with E-state index in [-0.39, 0.29) is 11.9 Å². The van der Waals surface area contributed by atoms with Crippen molar-refractivity contribution in [2.45, 2.75) is 19.5 Å². The summed E-state index contributed by atoms with van der Waals surface area (Å²) in [5, 5.41) is 3.14. The molecule has 1 aromatic heterocycles. The Balaban J connectivity index is 2.35. The van der Waals surface area contributed by atoms with Gasteiger partial charge in [0.2, 0.25) is 5.91 Å². The summed E-state index contributed by atoms with van der Waals surface area (Å²) >= 11 is 0. The maximum absolute atomic E-state index is 11.5. The third-order valence-corrected chi connectivity index (χ3v) is 2.07. The Labute approximate surface area is 84.3 Å². The highest BCUT2D eigenvalue weighted by atomic mass is 16.2. The Morgan fingerprint density at radius 3 is 2.86 bits per heavy atom. The zero-order chi connectivity index (χ0) is 10.6. The molecule has 0 aliphatic heterocycles. The first-order chi connectivity index (χ1) is 6.61. The predicted molar refractivity (Wildman–Crippen MR) is 55.8 cm³/mol. The maximum Gasteiger partial charge on any atom is 0.238 e. The SMILES string of the molecule is CC(NCc1ccc[nH]1)C(=O)N(C)C. The Morgan fingerprint density at radius 1 is 1.64 bits per heavy atom. The van der Waals surface area contributed by atoms with Crippen molar-refractivity contribution in [3.8, 4) is 0 Å². The van der Waals surface area contributed by atoms with Crippen molar-refractivity contribution in [2.24, 2.45) is 0 Å². The van der Waals surface area contributed by atoms with E-state index < -0.39 is 0 Å². The number of carbonyl (C=O) groups excluding carboxylic acids is 1. The minimum Gasteiger partial charge on any atom is -0.364 e. The van der Waals surface area contributed by atoms with Gasteiger partial charge in [-0.2, -0.15) is 0 Å². The zero-order valence-electron chi connectivity index (χ0n) is 8.87. The van der Waals surface area contributed by atoms with Crippen LogP contribution in [-0.4, -0.2) is 35.9 Å². The van der Waals surface area contributed by atoms with Gasteiger partial charge in [0, 0.05) is 32.5 Å². The molecule has 1 amide bonds. The van der Waals surface area contributed by atoms with Gasteiger partial charge < -0.3 is 15.2 Å². The third-order valence-electron chi connectivity index (χ3n) is 2.07. The monoisotopic (exact) mass is 195 g/mol. The topological polar surface area (TPSA) is 48.1 Å². The third kappa shape index (κ3) is 2.88. The van der Waals surface area contributed by atoms with Gasteiger partial charge >= 0.3 is 0 Å². The van der Waals surface area contributed by atoms with Gasteiger partial charge in [-0.25, -0.2) is 0 Å². The molecule has 0 spiro atoms. The van der Waals surface area contributed by atoms with Crippen LogP contribution in [-0.2, 0) is 11.3 Å². The number of amides is 1. The quantitative estimate of drug-likeness (QED) is 0.738. The number of aromatic nitrogens is 1. The number of carbonyl (C=O) groups is 1. The molecule has 78 valence electrons. The molecule has 1 atom stereocenters. The molecule has 0 radical (unpaired) electrons. The number of hydrogen-bond acceptors (Lipinski definition) is 2. The molecule has 1 aromatic rings. The van der Waals surface area contributed by atoms with Crippen LogP contribution in [0.25, 0.3) is 0 Å². The lowest BCUT2D eigenvalue weighted by Crippen LogP contribution is -2.41. The fourth-order valence-corrected chi connectivity index (χ4v) is 1.22. The summed E-state index contributed by atoms with van der Waals surface area (Å²) < 4.78 is 0. The lowest BCUT2D eigenvalue weighted by Gasteiger charge is -2.17. The molecule has 0 bridgehead atoms. The highest BCUT2D eigenvalue weighted by Crippen LogP contribution is 1.95. The molecule has 1 heterocycles. The molecular formula is C10H17N3O. The molecule has 1 rings (SSSR count). The molecule has 0 aliphatic carbocycles. The van der Waals surface area contributed by atoms with Crippen LogP contribution >= 0.6 is 0 Å². The van der Waals surface area contributed by atoms with Crippen LogP contribution in [0.1, 0.15) is 12.6 Å². The predicted octanol–water partition coefficient (Wildman–Crippen LogP) is 0.581. The minimum atomic E-state index is -0.145. The van der Waals surface area contributed by atoms with Crippen molar-refractivity contribution in [1.82, 2.24) is 15.2 Å². The van der Waals surface area contributed by atoms with E-state index >= 15 is 0 Å². The summed E-state index contributed by atoms with van der Waals surface area (Å²) in [4.78, 5) is 16.1.